The van der Waals surface area contributed by atoms with Crippen LogP contribution >= 0.6 is 22.9 Å². The van der Waals surface area contributed by atoms with Crippen molar-refractivity contribution in [1.82, 2.24) is 4.57 Å². The van der Waals surface area contributed by atoms with Crippen LogP contribution in [0.15, 0.2) is 80.1 Å². The van der Waals surface area contributed by atoms with Crippen molar-refractivity contribution in [2.24, 2.45) is 4.99 Å². The molecule has 1 aliphatic heterocycles. The van der Waals surface area contributed by atoms with Crippen LogP contribution in [0.25, 0.3) is 17.4 Å². The second kappa shape index (κ2) is 10.5. The normalized spacial score (nSPS) is 15.2. The Morgan fingerprint density at radius 2 is 1.95 bits per heavy atom. The predicted octanol–water partition coefficient (Wildman–Crippen LogP) is 4.72. The number of carbonyl (C=O) groups excluding carboxylic acids is 1. The molecule has 0 spiro atoms. The molecule has 0 aliphatic carbocycles. The Hall–Kier alpha value is -4.21. The van der Waals surface area contributed by atoms with Crippen LogP contribution in [0.3, 0.4) is 0 Å². The van der Waals surface area contributed by atoms with Crippen LogP contribution in [0, 0.1) is 6.92 Å². The molecule has 2 aromatic heterocycles. The zero-order valence-corrected chi connectivity index (χ0v) is 22.8. The molecule has 1 atom stereocenters. The van der Waals surface area contributed by atoms with Crippen molar-refractivity contribution in [3.63, 3.8) is 0 Å². The highest BCUT2D eigenvalue weighted by atomic mass is 35.5. The molecule has 10 heteroatoms. The molecular formula is C29H23ClN2O6S. The summed E-state index contributed by atoms with van der Waals surface area (Å²) in [5.74, 6) is -0.711. The van der Waals surface area contributed by atoms with Gasteiger partial charge in [0.1, 0.15) is 17.6 Å². The molecular weight excluding hydrogens is 540 g/mol. The first kappa shape index (κ1) is 26.4. The lowest BCUT2D eigenvalue weighted by Gasteiger charge is -2.25. The molecule has 8 nitrogen and oxygen atoms in total. The van der Waals surface area contributed by atoms with Gasteiger partial charge in [0.2, 0.25) is 0 Å². The van der Waals surface area contributed by atoms with Crippen LogP contribution in [0.2, 0.25) is 5.02 Å². The number of rotatable bonds is 6. The summed E-state index contributed by atoms with van der Waals surface area (Å²) in [6.45, 7) is 5.45. The highest BCUT2D eigenvalue weighted by molar-refractivity contribution is 7.07. The topological polar surface area (TPSA) is 111 Å². The third-order valence-corrected chi connectivity index (χ3v) is 7.69. The molecule has 198 valence electrons. The van der Waals surface area contributed by atoms with Gasteiger partial charge in [-0.2, -0.15) is 0 Å². The molecule has 1 N–H and O–H groups in total. The van der Waals surface area contributed by atoms with Crippen molar-refractivity contribution < 1.29 is 23.8 Å². The number of fused-ring (bicyclic) bond motifs is 1. The maximum Gasteiger partial charge on any atom is 0.338 e. The Kier molecular flexibility index (Phi) is 7.12. The average molecular weight is 563 g/mol. The van der Waals surface area contributed by atoms with Crippen LogP contribution in [0.4, 0.5) is 0 Å². The Labute approximate surface area is 231 Å². The van der Waals surface area contributed by atoms with Gasteiger partial charge < -0.3 is 14.3 Å². The first-order valence-electron chi connectivity index (χ1n) is 12.1. The van der Waals surface area contributed by atoms with Crippen molar-refractivity contribution in [1.29, 1.82) is 0 Å². The lowest BCUT2D eigenvalue weighted by atomic mass is 9.96. The van der Waals surface area contributed by atoms with Crippen LogP contribution in [0.5, 0.6) is 0 Å². The molecule has 5 rings (SSSR count). The number of carboxylic acids is 1. The molecule has 3 heterocycles. The molecule has 0 bridgehead atoms. The lowest BCUT2D eigenvalue weighted by molar-refractivity contribution is -0.139. The Morgan fingerprint density at radius 1 is 1.18 bits per heavy atom. The van der Waals surface area contributed by atoms with Gasteiger partial charge in [-0.3, -0.25) is 9.36 Å². The number of carboxylic acid groups (broad SMARTS) is 1. The van der Waals surface area contributed by atoms with E-state index in [4.69, 9.17) is 20.8 Å². The maximum atomic E-state index is 13.8. The molecule has 2 aromatic carbocycles. The summed E-state index contributed by atoms with van der Waals surface area (Å²) >= 11 is 7.70. The minimum atomic E-state index is -1.03. The summed E-state index contributed by atoms with van der Waals surface area (Å²) in [5.41, 5.74) is 2.55. The number of furan rings is 1. The standard InChI is InChI=1S/C29H23ClN2O6S/c1-4-37-28(36)24-16(3)31-29-32(25(24)19-7-5-6-8-21(19)30)26(33)23(39-29)14-18-11-12-22(38-18)20-13-17(27(34)35)10-9-15(20)2/h5-14,25H,4H2,1-3H3,(H,34,35). The number of carbonyl (C=O) groups is 2. The zero-order valence-electron chi connectivity index (χ0n) is 21.2. The Bertz CT molecular complexity index is 1850. The Morgan fingerprint density at radius 3 is 2.67 bits per heavy atom. The second-order valence-corrected chi connectivity index (χ2v) is 10.3. The van der Waals surface area contributed by atoms with Crippen molar-refractivity contribution in [3.8, 4) is 11.3 Å². The summed E-state index contributed by atoms with van der Waals surface area (Å²) in [6.07, 6.45) is 1.61. The first-order valence-corrected chi connectivity index (χ1v) is 13.3. The Balaban J connectivity index is 1.64. The van der Waals surface area contributed by atoms with Crippen LogP contribution in [0.1, 0.15) is 47.1 Å². The largest absolute Gasteiger partial charge is 0.478 e. The van der Waals surface area contributed by atoms with Crippen molar-refractivity contribution in [2.75, 3.05) is 6.61 Å². The smallest absolute Gasteiger partial charge is 0.338 e. The summed E-state index contributed by atoms with van der Waals surface area (Å²) in [4.78, 5) is 43.2. The van der Waals surface area contributed by atoms with Crippen molar-refractivity contribution in [3.05, 3.63) is 113 Å². The van der Waals surface area contributed by atoms with E-state index in [1.165, 1.54) is 22.0 Å². The number of allylic oxidation sites excluding steroid dienone is 1. The molecule has 0 saturated carbocycles. The number of aromatic carboxylic acids is 1. The number of nitrogens with zero attached hydrogens (tertiary/aromatic N) is 2. The predicted molar refractivity (Wildman–Crippen MR) is 148 cm³/mol. The van der Waals surface area contributed by atoms with Gasteiger partial charge in [0, 0.05) is 16.7 Å². The van der Waals surface area contributed by atoms with Crippen LogP contribution < -0.4 is 14.9 Å². The molecule has 1 aliphatic rings. The first-order chi connectivity index (χ1) is 18.7. The maximum absolute atomic E-state index is 13.8. The fraction of sp³-hybridized carbons (Fsp3) is 0.172. The van der Waals surface area contributed by atoms with E-state index in [0.29, 0.717) is 42.7 Å². The monoisotopic (exact) mass is 562 g/mol. The summed E-state index contributed by atoms with van der Waals surface area (Å²) in [7, 11) is 0. The third-order valence-electron chi connectivity index (χ3n) is 6.37. The fourth-order valence-electron chi connectivity index (χ4n) is 4.51. The fourth-order valence-corrected chi connectivity index (χ4v) is 5.77. The van der Waals surface area contributed by atoms with Crippen molar-refractivity contribution >= 4 is 41.0 Å². The second-order valence-electron chi connectivity index (χ2n) is 8.86. The molecule has 0 fully saturated rings. The minimum absolute atomic E-state index is 0.147. The summed E-state index contributed by atoms with van der Waals surface area (Å²) in [5, 5.41) is 9.76. The molecule has 0 amide bonds. The number of halogens is 1. The highest BCUT2D eigenvalue weighted by Crippen LogP contribution is 2.34. The van der Waals surface area contributed by atoms with E-state index < -0.39 is 18.0 Å². The van der Waals surface area contributed by atoms with Gasteiger partial charge in [0.05, 0.1) is 28.0 Å². The van der Waals surface area contributed by atoms with Crippen LogP contribution in [-0.2, 0) is 9.53 Å². The number of ether oxygens (including phenoxy) is 1. The van der Waals surface area contributed by atoms with E-state index in [0.717, 1.165) is 5.56 Å². The third kappa shape index (κ3) is 4.86. The molecule has 4 aromatic rings. The minimum Gasteiger partial charge on any atom is -0.478 e. The average Bonchev–Trinajstić information content (AvgIpc) is 3.48. The van der Waals surface area contributed by atoms with E-state index in [2.05, 4.69) is 4.99 Å². The number of esters is 1. The number of thiazole rings is 1. The van der Waals surface area contributed by atoms with E-state index >= 15 is 0 Å². The van der Waals surface area contributed by atoms with Crippen LogP contribution in [-0.4, -0.2) is 28.2 Å². The molecule has 0 radical (unpaired) electrons. The molecule has 0 saturated heterocycles. The molecule has 39 heavy (non-hydrogen) atoms. The van der Waals surface area contributed by atoms with E-state index in [9.17, 15) is 19.5 Å². The van der Waals surface area contributed by atoms with Gasteiger partial charge in [-0.05, 0) is 62.2 Å². The SMILES string of the molecule is CCOC(=O)C1=C(C)N=c2sc(=Cc3ccc(-c4cc(C(=O)O)ccc4C)o3)c(=O)n2C1c1ccccc1Cl. The number of hydrogen-bond donors (Lipinski definition) is 1. The number of hydrogen-bond acceptors (Lipinski definition) is 7. The van der Waals surface area contributed by atoms with Gasteiger partial charge in [0.25, 0.3) is 5.56 Å². The van der Waals surface area contributed by atoms with Gasteiger partial charge in [-0.15, -0.1) is 0 Å². The van der Waals surface area contributed by atoms with E-state index in [-0.39, 0.29) is 23.3 Å². The van der Waals surface area contributed by atoms with E-state index in [1.54, 1.807) is 68.5 Å². The summed E-state index contributed by atoms with van der Waals surface area (Å²) in [6, 6.07) is 14.5. The number of aromatic nitrogens is 1. The van der Waals surface area contributed by atoms with Crippen molar-refractivity contribution in [2.45, 2.75) is 26.8 Å². The number of aryl methyl sites for hydroxylation is 1. The zero-order chi connectivity index (χ0) is 27.8. The van der Waals surface area contributed by atoms with Gasteiger partial charge in [-0.1, -0.05) is 47.2 Å². The quantitative estimate of drug-likeness (QED) is 0.340. The summed E-state index contributed by atoms with van der Waals surface area (Å²) < 4.78 is 13.1. The van der Waals surface area contributed by atoms with Gasteiger partial charge in [-0.25, -0.2) is 14.6 Å². The van der Waals surface area contributed by atoms with Gasteiger partial charge >= 0.3 is 11.9 Å². The number of benzene rings is 2. The highest BCUT2D eigenvalue weighted by Gasteiger charge is 2.34. The lowest BCUT2D eigenvalue weighted by Crippen LogP contribution is -2.40. The van der Waals surface area contributed by atoms with Gasteiger partial charge in [0.15, 0.2) is 4.80 Å². The van der Waals surface area contributed by atoms with E-state index in [1.807, 2.05) is 6.92 Å². The molecule has 1 unspecified atom stereocenters.